The van der Waals surface area contributed by atoms with E-state index in [0.717, 1.165) is 5.82 Å². The molecule has 2 fully saturated rings. The minimum absolute atomic E-state index is 0.612. The fraction of sp³-hybridized carbons (Fsp3) is 0.667. The van der Waals surface area contributed by atoms with E-state index in [-0.39, 0.29) is 0 Å². The summed E-state index contributed by atoms with van der Waals surface area (Å²) >= 11 is 0. The van der Waals surface area contributed by atoms with E-state index in [4.69, 9.17) is 0 Å². The number of hydrogen-bond donors (Lipinski definition) is 0. The molecule has 0 bridgehead atoms. The number of piperidine rings is 1. The lowest BCUT2D eigenvalue weighted by molar-refractivity contribution is 0.212. The molecule has 0 N–H and O–H groups in total. The van der Waals surface area contributed by atoms with E-state index < -0.39 is 0 Å². The zero-order valence-corrected chi connectivity index (χ0v) is 11.3. The van der Waals surface area contributed by atoms with Gasteiger partial charge in [0, 0.05) is 25.8 Å². The molecule has 3 nitrogen and oxygen atoms in total. The van der Waals surface area contributed by atoms with Crippen molar-refractivity contribution in [2.45, 2.75) is 26.2 Å². The molecular weight excluding hydrogens is 222 g/mol. The van der Waals surface area contributed by atoms with Crippen molar-refractivity contribution in [2.24, 2.45) is 5.41 Å². The third kappa shape index (κ3) is 2.24. The lowest BCUT2D eigenvalue weighted by atomic mass is 9.78. The van der Waals surface area contributed by atoms with Crippen molar-refractivity contribution in [3.05, 3.63) is 24.4 Å². The topological polar surface area (TPSA) is 19.4 Å². The highest BCUT2D eigenvalue weighted by Gasteiger charge is 2.40. The number of hydrogen-bond acceptors (Lipinski definition) is 3. The second-order valence-corrected chi connectivity index (χ2v) is 5.79. The molecule has 1 aromatic heterocycles. The van der Waals surface area contributed by atoms with Crippen molar-refractivity contribution in [1.82, 2.24) is 9.88 Å². The van der Waals surface area contributed by atoms with E-state index in [2.05, 4.69) is 33.8 Å². The van der Waals surface area contributed by atoms with Crippen LogP contribution in [0.4, 0.5) is 5.82 Å². The van der Waals surface area contributed by atoms with Gasteiger partial charge in [-0.3, -0.25) is 0 Å². The molecule has 3 rings (SSSR count). The first-order chi connectivity index (χ1) is 8.81. The van der Waals surface area contributed by atoms with Crippen LogP contribution in [-0.4, -0.2) is 42.6 Å². The number of aromatic nitrogens is 1. The summed E-state index contributed by atoms with van der Waals surface area (Å²) in [6.45, 7) is 8.47. The van der Waals surface area contributed by atoms with Gasteiger partial charge in [0.2, 0.25) is 0 Å². The van der Waals surface area contributed by atoms with Crippen LogP contribution in [0.3, 0.4) is 0 Å². The summed E-state index contributed by atoms with van der Waals surface area (Å²) in [5.74, 6) is 1.15. The fourth-order valence-corrected chi connectivity index (χ4v) is 3.46. The molecule has 0 unspecified atom stereocenters. The number of rotatable bonds is 2. The normalized spacial score (nSPS) is 23.7. The van der Waals surface area contributed by atoms with E-state index in [1.165, 1.54) is 52.0 Å². The molecule has 3 heteroatoms. The summed E-state index contributed by atoms with van der Waals surface area (Å²) in [5, 5.41) is 0. The highest BCUT2D eigenvalue weighted by Crippen LogP contribution is 2.40. The van der Waals surface area contributed by atoms with Gasteiger partial charge in [0.25, 0.3) is 0 Å². The van der Waals surface area contributed by atoms with Crippen molar-refractivity contribution in [3.8, 4) is 0 Å². The Hall–Kier alpha value is -1.09. The first-order valence-electron chi connectivity index (χ1n) is 7.20. The van der Waals surface area contributed by atoms with Crippen LogP contribution in [0.2, 0.25) is 0 Å². The van der Waals surface area contributed by atoms with Crippen molar-refractivity contribution in [1.29, 1.82) is 0 Å². The summed E-state index contributed by atoms with van der Waals surface area (Å²) in [7, 11) is 0. The van der Waals surface area contributed by atoms with Crippen LogP contribution >= 0.6 is 0 Å². The lowest BCUT2D eigenvalue weighted by Crippen LogP contribution is -2.41. The maximum Gasteiger partial charge on any atom is 0.128 e. The molecule has 0 aromatic carbocycles. The van der Waals surface area contributed by atoms with Gasteiger partial charge >= 0.3 is 0 Å². The van der Waals surface area contributed by atoms with Crippen molar-refractivity contribution in [2.75, 3.05) is 37.6 Å². The summed E-state index contributed by atoms with van der Waals surface area (Å²) in [6, 6.07) is 6.21. The van der Waals surface area contributed by atoms with E-state index in [1.54, 1.807) is 0 Å². The SMILES string of the molecule is CCN1CCC2(CCN(c3ccccn3)CC2)C1. The highest BCUT2D eigenvalue weighted by atomic mass is 15.2. The number of nitrogens with zero attached hydrogens (tertiary/aromatic N) is 3. The Morgan fingerprint density at radius 1 is 1.17 bits per heavy atom. The zero-order valence-electron chi connectivity index (χ0n) is 11.3. The smallest absolute Gasteiger partial charge is 0.128 e. The number of likely N-dealkylation sites (tertiary alicyclic amines) is 1. The quantitative estimate of drug-likeness (QED) is 0.797. The molecule has 3 heterocycles. The van der Waals surface area contributed by atoms with Gasteiger partial charge in [-0.25, -0.2) is 4.98 Å². The van der Waals surface area contributed by atoms with Gasteiger partial charge in [-0.15, -0.1) is 0 Å². The molecule has 0 atom stereocenters. The molecule has 2 saturated heterocycles. The van der Waals surface area contributed by atoms with Crippen LogP contribution < -0.4 is 4.90 Å². The van der Waals surface area contributed by atoms with Gasteiger partial charge in [0.1, 0.15) is 5.82 Å². The summed E-state index contributed by atoms with van der Waals surface area (Å²) in [4.78, 5) is 9.52. The molecule has 0 radical (unpaired) electrons. The van der Waals surface area contributed by atoms with Gasteiger partial charge in [-0.2, -0.15) is 0 Å². The second kappa shape index (κ2) is 4.88. The average molecular weight is 245 g/mol. The molecular formula is C15H23N3. The van der Waals surface area contributed by atoms with E-state index >= 15 is 0 Å². The first kappa shape index (κ1) is 12.0. The molecule has 1 aromatic rings. The third-order valence-corrected chi connectivity index (χ3v) is 4.76. The largest absolute Gasteiger partial charge is 0.357 e. The predicted octanol–water partition coefficient (Wildman–Crippen LogP) is 2.39. The standard InChI is InChI=1S/C15H23N3/c1-2-17-10-6-15(13-17)7-11-18(12-8-15)14-5-3-4-9-16-14/h3-5,9H,2,6-8,10-13H2,1H3. The summed E-state index contributed by atoms with van der Waals surface area (Å²) < 4.78 is 0. The van der Waals surface area contributed by atoms with E-state index in [0.29, 0.717) is 5.41 Å². The van der Waals surface area contributed by atoms with Crippen LogP contribution in [0.15, 0.2) is 24.4 Å². The summed E-state index contributed by atoms with van der Waals surface area (Å²) in [5.41, 5.74) is 0.612. The Balaban J connectivity index is 1.62. The van der Waals surface area contributed by atoms with Gasteiger partial charge in [-0.1, -0.05) is 13.0 Å². The Morgan fingerprint density at radius 2 is 1.94 bits per heavy atom. The Morgan fingerprint density at radius 3 is 2.56 bits per heavy atom. The average Bonchev–Trinajstić information content (AvgIpc) is 2.84. The van der Waals surface area contributed by atoms with Crippen LogP contribution in [0.25, 0.3) is 0 Å². The summed E-state index contributed by atoms with van der Waals surface area (Å²) in [6.07, 6.45) is 5.96. The second-order valence-electron chi connectivity index (χ2n) is 5.79. The van der Waals surface area contributed by atoms with Crippen molar-refractivity contribution in [3.63, 3.8) is 0 Å². The van der Waals surface area contributed by atoms with Crippen molar-refractivity contribution < 1.29 is 0 Å². The van der Waals surface area contributed by atoms with Crippen LogP contribution in [0.1, 0.15) is 26.2 Å². The minimum Gasteiger partial charge on any atom is -0.357 e. The molecule has 0 saturated carbocycles. The zero-order chi connectivity index (χ0) is 12.4. The lowest BCUT2D eigenvalue weighted by Gasteiger charge is -2.40. The van der Waals surface area contributed by atoms with Crippen LogP contribution in [-0.2, 0) is 0 Å². The van der Waals surface area contributed by atoms with Gasteiger partial charge in [-0.05, 0) is 49.9 Å². The van der Waals surface area contributed by atoms with Crippen LogP contribution in [0.5, 0.6) is 0 Å². The van der Waals surface area contributed by atoms with Gasteiger partial charge < -0.3 is 9.80 Å². The maximum atomic E-state index is 4.46. The minimum atomic E-state index is 0.612. The molecule has 0 aliphatic carbocycles. The Labute approximate surface area is 110 Å². The molecule has 2 aliphatic heterocycles. The number of pyridine rings is 1. The molecule has 0 amide bonds. The number of anilines is 1. The van der Waals surface area contributed by atoms with Gasteiger partial charge in [0.15, 0.2) is 0 Å². The van der Waals surface area contributed by atoms with E-state index in [9.17, 15) is 0 Å². The Kier molecular flexibility index (Phi) is 3.25. The highest BCUT2D eigenvalue weighted by molar-refractivity contribution is 5.38. The van der Waals surface area contributed by atoms with E-state index in [1.807, 2.05) is 12.3 Å². The maximum absolute atomic E-state index is 4.46. The van der Waals surface area contributed by atoms with Crippen LogP contribution in [0, 0.1) is 5.41 Å². The molecule has 18 heavy (non-hydrogen) atoms. The van der Waals surface area contributed by atoms with Gasteiger partial charge in [0.05, 0.1) is 0 Å². The molecule has 1 spiro atoms. The Bertz CT molecular complexity index is 382. The third-order valence-electron chi connectivity index (χ3n) is 4.76. The molecule has 2 aliphatic rings. The molecule has 98 valence electrons. The fourth-order valence-electron chi connectivity index (χ4n) is 3.46. The monoisotopic (exact) mass is 245 g/mol. The predicted molar refractivity (Wildman–Crippen MR) is 74.8 cm³/mol. The van der Waals surface area contributed by atoms with Crippen molar-refractivity contribution >= 4 is 5.82 Å². The first-order valence-corrected chi connectivity index (χ1v) is 7.20.